The summed E-state index contributed by atoms with van der Waals surface area (Å²) < 4.78 is 2.03. The van der Waals surface area contributed by atoms with Crippen molar-refractivity contribution in [2.24, 2.45) is 5.73 Å². The molecule has 0 aliphatic heterocycles. The minimum atomic E-state index is 0.557. The Morgan fingerprint density at radius 2 is 2.13 bits per heavy atom. The van der Waals surface area contributed by atoms with Gasteiger partial charge < -0.3 is 10.3 Å². The zero-order valence-corrected chi connectivity index (χ0v) is 8.85. The Morgan fingerprint density at radius 3 is 2.73 bits per heavy atom. The topological polar surface area (TPSA) is 43.8 Å². The first-order chi connectivity index (χ1) is 7.36. The maximum atomic E-state index is 5.75. The number of nitrogens with zero attached hydrogens (tertiary/aromatic N) is 2. The number of para-hydroxylation sites is 1. The van der Waals surface area contributed by atoms with Gasteiger partial charge in [0, 0.05) is 18.9 Å². The molecule has 0 saturated heterocycles. The van der Waals surface area contributed by atoms with E-state index >= 15 is 0 Å². The number of rotatable bonds is 3. The quantitative estimate of drug-likeness (QED) is 0.824. The van der Waals surface area contributed by atoms with E-state index in [2.05, 4.69) is 30.1 Å². The minimum Gasteiger partial charge on any atom is -0.326 e. The van der Waals surface area contributed by atoms with Crippen molar-refractivity contribution in [3.05, 3.63) is 48.0 Å². The van der Waals surface area contributed by atoms with Crippen LogP contribution in [-0.4, -0.2) is 9.55 Å². The van der Waals surface area contributed by atoms with Crippen LogP contribution in [0.15, 0.2) is 36.9 Å². The van der Waals surface area contributed by atoms with Gasteiger partial charge in [0.25, 0.3) is 0 Å². The molecule has 0 saturated carbocycles. The minimum absolute atomic E-state index is 0.557. The van der Waals surface area contributed by atoms with Crippen LogP contribution in [0.25, 0.3) is 5.69 Å². The van der Waals surface area contributed by atoms with Crippen LogP contribution in [0.1, 0.15) is 18.1 Å². The average molecular weight is 201 g/mol. The molecular formula is C12H15N3. The molecule has 2 N–H and O–H groups in total. The second kappa shape index (κ2) is 4.28. The molecule has 78 valence electrons. The zero-order chi connectivity index (χ0) is 10.7. The van der Waals surface area contributed by atoms with Crippen LogP contribution in [0.3, 0.4) is 0 Å². The molecule has 2 rings (SSSR count). The van der Waals surface area contributed by atoms with Crippen LogP contribution in [0.4, 0.5) is 0 Å². The second-order valence-corrected chi connectivity index (χ2v) is 3.45. The summed E-state index contributed by atoms with van der Waals surface area (Å²) in [6, 6.07) is 6.25. The molecule has 0 atom stereocenters. The number of hydrogen-bond acceptors (Lipinski definition) is 2. The normalized spacial score (nSPS) is 10.5. The van der Waals surface area contributed by atoms with Gasteiger partial charge in [0.2, 0.25) is 0 Å². The Labute approximate surface area is 89.6 Å². The van der Waals surface area contributed by atoms with E-state index in [1.165, 1.54) is 11.3 Å². The SMILES string of the molecule is CCc1cccc(CN)c1-n1ccnc1. The van der Waals surface area contributed by atoms with Crippen molar-refractivity contribution in [1.82, 2.24) is 9.55 Å². The van der Waals surface area contributed by atoms with Crippen molar-refractivity contribution in [2.75, 3.05) is 0 Å². The van der Waals surface area contributed by atoms with Gasteiger partial charge in [-0.25, -0.2) is 4.98 Å². The van der Waals surface area contributed by atoms with Crippen molar-refractivity contribution < 1.29 is 0 Å². The smallest absolute Gasteiger partial charge is 0.0991 e. The molecule has 3 nitrogen and oxygen atoms in total. The van der Waals surface area contributed by atoms with Gasteiger partial charge in [-0.3, -0.25) is 0 Å². The molecule has 1 heterocycles. The molecule has 0 aliphatic carbocycles. The summed E-state index contributed by atoms with van der Waals surface area (Å²) in [5, 5.41) is 0. The number of imidazole rings is 1. The molecule has 1 aromatic heterocycles. The second-order valence-electron chi connectivity index (χ2n) is 3.45. The fourth-order valence-electron chi connectivity index (χ4n) is 1.82. The molecule has 3 heteroatoms. The third-order valence-corrected chi connectivity index (χ3v) is 2.57. The maximum absolute atomic E-state index is 5.75. The van der Waals surface area contributed by atoms with Crippen molar-refractivity contribution in [3.8, 4) is 5.69 Å². The van der Waals surface area contributed by atoms with Gasteiger partial charge in [0.05, 0.1) is 12.0 Å². The van der Waals surface area contributed by atoms with Gasteiger partial charge in [-0.05, 0) is 17.5 Å². The van der Waals surface area contributed by atoms with Gasteiger partial charge in [0.1, 0.15) is 0 Å². The molecule has 0 fully saturated rings. The van der Waals surface area contributed by atoms with E-state index in [0.29, 0.717) is 6.54 Å². The first-order valence-corrected chi connectivity index (χ1v) is 5.16. The summed E-state index contributed by atoms with van der Waals surface area (Å²) in [5.74, 6) is 0. The highest BCUT2D eigenvalue weighted by Gasteiger charge is 2.07. The molecule has 15 heavy (non-hydrogen) atoms. The molecular weight excluding hydrogens is 186 g/mol. The van der Waals surface area contributed by atoms with Crippen LogP contribution in [0.5, 0.6) is 0 Å². The molecule has 0 spiro atoms. The standard InChI is InChI=1S/C12H15N3/c1-2-10-4-3-5-11(8-13)12(10)15-7-6-14-9-15/h3-7,9H,2,8,13H2,1H3. The summed E-state index contributed by atoms with van der Waals surface area (Å²) in [4.78, 5) is 4.07. The Morgan fingerprint density at radius 1 is 1.33 bits per heavy atom. The first kappa shape index (κ1) is 9.93. The van der Waals surface area contributed by atoms with Crippen LogP contribution in [-0.2, 0) is 13.0 Å². The highest BCUT2D eigenvalue weighted by molar-refractivity contribution is 5.48. The lowest BCUT2D eigenvalue weighted by Crippen LogP contribution is -2.06. The fourth-order valence-corrected chi connectivity index (χ4v) is 1.82. The van der Waals surface area contributed by atoms with Gasteiger partial charge in [-0.1, -0.05) is 25.1 Å². The fraction of sp³-hybridized carbons (Fsp3) is 0.250. The predicted molar refractivity (Wildman–Crippen MR) is 60.8 cm³/mol. The van der Waals surface area contributed by atoms with E-state index in [1.54, 1.807) is 6.20 Å². The first-order valence-electron chi connectivity index (χ1n) is 5.16. The average Bonchev–Trinajstić information content (AvgIpc) is 2.81. The highest BCUT2D eigenvalue weighted by atomic mass is 15.0. The highest BCUT2D eigenvalue weighted by Crippen LogP contribution is 2.19. The lowest BCUT2D eigenvalue weighted by Gasteiger charge is -2.13. The van der Waals surface area contributed by atoms with Crippen LogP contribution in [0.2, 0.25) is 0 Å². The summed E-state index contributed by atoms with van der Waals surface area (Å²) >= 11 is 0. The van der Waals surface area contributed by atoms with Crippen LogP contribution >= 0.6 is 0 Å². The molecule has 2 aromatic rings. The largest absolute Gasteiger partial charge is 0.326 e. The van der Waals surface area contributed by atoms with Crippen molar-refractivity contribution >= 4 is 0 Å². The lowest BCUT2D eigenvalue weighted by molar-refractivity contribution is 0.949. The Balaban J connectivity index is 2.61. The van der Waals surface area contributed by atoms with Gasteiger partial charge in [0.15, 0.2) is 0 Å². The van der Waals surface area contributed by atoms with Crippen molar-refractivity contribution in [2.45, 2.75) is 19.9 Å². The zero-order valence-electron chi connectivity index (χ0n) is 8.85. The summed E-state index contributed by atoms with van der Waals surface area (Å²) in [5.41, 5.74) is 9.39. The van der Waals surface area contributed by atoms with Gasteiger partial charge in [-0.15, -0.1) is 0 Å². The van der Waals surface area contributed by atoms with E-state index in [-0.39, 0.29) is 0 Å². The van der Waals surface area contributed by atoms with E-state index in [9.17, 15) is 0 Å². The molecule has 0 amide bonds. The van der Waals surface area contributed by atoms with Gasteiger partial charge >= 0.3 is 0 Å². The molecule has 0 bridgehead atoms. The number of benzene rings is 1. The molecule has 0 aliphatic rings. The molecule has 0 radical (unpaired) electrons. The van der Waals surface area contributed by atoms with E-state index in [1.807, 2.05) is 17.1 Å². The predicted octanol–water partition coefficient (Wildman–Crippen LogP) is 1.89. The van der Waals surface area contributed by atoms with Crippen LogP contribution in [0, 0.1) is 0 Å². The summed E-state index contributed by atoms with van der Waals surface area (Å²) in [6.07, 6.45) is 6.55. The van der Waals surface area contributed by atoms with Crippen LogP contribution < -0.4 is 5.73 Å². The van der Waals surface area contributed by atoms with Gasteiger partial charge in [-0.2, -0.15) is 0 Å². The number of hydrogen-bond donors (Lipinski definition) is 1. The Hall–Kier alpha value is -1.61. The summed E-state index contributed by atoms with van der Waals surface area (Å²) in [6.45, 7) is 2.71. The third kappa shape index (κ3) is 1.78. The maximum Gasteiger partial charge on any atom is 0.0991 e. The Bertz CT molecular complexity index is 410. The number of nitrogens with two attached hydrogens (primary N) is 1. The summed E-state index contributed by atoms with van der Waals surface area (Å²) in [7, 11) is 0. The van der Waals surface area contributed by atoms with Crippen molar-refractivity contribution in [1.29, 1.82) is 0 Å². The Kier molecular flexibility index (Phi) is 2.83. The molecule has 1 aromatic carbocycles. The lowest BCUT2D eigenvalue weighted by atomic mass is 10.0. The van der Waals surface area contributed by atoms with Crippen molar-refractivity contribution in [3.63, 3.8) is 0 Å². The number of aromatic nitrogens is 2. The number of aryl methyl sites for hydroxylation is 1. The monoisotopic (exact) mass is 201 g/mol. The third-order valence-electron chi connectivity index (χ3n) is 2.57. The van der Waals surface area contributed by atoms with E-state index in [4.69, 9.17) is 5.73 Å². The van der Waals surface area contributed by atoms with E-state index < -0.39 is 0 Å². The molecule has 0 unspecified atom stereocenters. The van der Waals surface area contributed by atoms with E-state index in [0.717, 1.165) is 12.0 Å².